The minimum atomic E-state index is 0.232. The SMILES string of the molecule is CCC1OCCC1CNc1nc(N)nc(N(C)C)n1. The van der Waals surface area contributed by atoms with Crippen molar-refractivity contribution in [3.8, 4) is 0 Å². The number of ether oxygens (including phenoxy) is 1. The van der Waals surface area contributed by atoms with Crippen molar-refractivity contribution >= 4 is 17.8 Å². The van der Waals surface area contributed by atoms with Crippen LogP contribution in [0.2, 0.25) is 0 Å². The Labute approximate surface area is 113 Å². The number of nitrogen functional groups attached to an aromatic ring is 1. The van der Waals surface area contributed by atoms with Crippen LogP contribution in [-0.2, 0) is 4.74 Å². The first-order valence-corrected chi connectivity index (χ1v) is 6.64. The molecule has 2 unspecified atom stereocenters. The van der Waals surface area contributed by atoms with Gasteiger partial charge in [0, 0.05) is 33.2 Å². The van der Waals surface area contributed by atoms with Crippen LogP contribution in [0.3, 0.4) is 0 Å². The van der Waals surface area contributed by atoms with Gasteiger partial charge in [0.1, 0.15) is 0 Å². The third kappa shape index (κ3) is 3.44. The highest BCUT2D eigenvalue weighted by Gasteiger charge is 2.26. The summed E-state index contributed by atoms with van der Waals surface area (Å²) in [7, 11) is 3.74. The van der Waals surface area contributed by atoms with Crippen LogP contribution in [0.1, 0.15) is 19.8 Å². The van der Waals surface area contributed by atoms with Crippen molar-refractivity contribution in [2.45, 2.75) is 25.9 Å². The molecule has 2 heterocycles. The van der Waals surface area contributed by atoms with E-state index in [-0.39, 0.29) is 5.95 Å². The summed E-state index contributed by atoms with van der Waals surface area (Å²) in [5.74, 6) is 1.82. The Morgan fingerprint density at radius 1 is 1.37 bits per heavy atom. The van der Waals surface area contributed by atoms with Gasteiger partial charge in [-0.3, -0.25) is 0 Å². The molecule has 0 amide bonds. The minimum absolute atomic E-state index is 0.232. The molecule has 7 heteroatoms. The van der Waals surface area contributed by atoms with Crippen LogP contribution >= 0.6 is 0 Å². The van der Waals surface area contributed by atoms with Gasteiger partial charge in [0.05, 0.1) is 6.10 Å². The first kappa shape index (κ1) is 13.8. The molecule has 0 aliphatic carbocycles. The fourth-order valence-corrected chi connectivity index (χ4v) is 2.26. The third-order valence-corrected chi connectivity index (χ3v) is 3.31. The zero-order chi connectivity index (χ0) is 13.8. The predicted molar refractivity (Wildman–Crippen MR) is 75.2 cm³/mol. The molecule has 0 aromatic carbocycles. The lowest BCUT2D eigenvalue weighted by Gasteiger charge is -2.18. The van der Waals surface area contributed by atoms with Gasteiger partial charge in [0.2, 0.25) is 17.8 Å². The number of hydrogen-bond acceptors (Lipinski definition) is 7. The molecule has 0 radical (unpaired) electrons. The lowest BCUT2D eigenvalue weighted by molar-refractivity contribution is 0.0900. The van der Waals surface area contributed by atoms with Crippen molar-refractivity contribution in [3.63, 3.8) is 0 Å². The van der Waals surface area contributed by atoms with Crippen molar-refractivity contribution in [2.24, 2.45) is 5.92 Å². The summed E-state index contributed by atoms with van der Waals surface area (Å²) in [4.78, 5) is 14.3. The van der Waals surface area contributed by atoms with Crippen molar-refractivity contribution in [3.05, 3.63) is 0 Å². The Morgan fingerprint density at radius 2 is 2.16 bits per heavy atom. The molecule has 1 saturated heterocycles. The second kappa shape index (κ2) is 6.01. The number of anilines is 3. The minimum Gasteiger partial charge on any atom is -0.378 e. The maximum absolute atomic E-state index is 5.68. The monoisotopic (exact) mass is 266 g/mol. The number of rotatable bonds is 5. The summed E-state index contributed by atoms with van der Waals surface area (Å²) in [6.45, 7) is 3.79. The van der Waals surface area contributed by atoms with Gasteiger partial charge in [-0.15, -0.1) is 0 Å². The van der Waals surface area contributed by atoms with Gasteiger partial charge in [-0.2, -0.15) is 15.0 Å². The number of hydrogen-bond donors (Lipinski definition) is 2. The molecule has 7 nitrogen and oxygen atoms in total. The van der Waals surface area contributed by atoms with E-state index in [0.717, 1.165) is 26.0 Å². The number of aromatic nitrogens is 3. The van der Waals surface area contributed by atoms with Gasteiger partial charge in [-0.1, -0.05) is 6.92 Å². The molecule has 3 N–H and O–H groups in total. The first-order chi connectivity index (χ1) is 9.10. The highest BCUT2D eigenvalue weighted by molar-refractivity contribution is 5.40. The average molecular weight is 266 g/mol. The average Bonchev–Trinajstić information content (AvgIpc) is 2.83. The third-order valence-electron chi connectivity index (χ3n) is 3.31. The molecule has 1 fully saturated rings. The van der Waals surface area contributed by atoms with Crippen LogP contribution in [0.25, 0.3) is 0 Å². The topological polar surface area (TPSA) is 89.2 Å². The van der Waals surface area contributed by atoms with Crippen molar-refractivity contribution in [1.29, 1.82) is 0 Å². The Hall–Kier alpha value is -1.63. The van der Waals surface area contributed by atoms with Crippen LogP contribution in [-0.4, -0.2) is 48.3 Å². The van der Waals surface area contributed by atoms with Crippen LogP contribution in [0.15, 0.2) is 0 Å². The van der Waals surface area contributed by atoms with E-state index in [1.54, 1.807) is 4.90 Å². The lowest BCUT2D eigenvalue weighted by atomic mass is 10.00. The van der Waals surface area contributed by atoms with E-state index in [4.69, 9.17) is 10.5 Å². The van der Waals surface area contributed by atoms with E-state index in [0.29, 0.717) is 23.9 Å². The van der Waals surface area contributed by atoms with E-state index < -0.39 is 0 Å². The predicted octanol–water partition coefficient (Wildman–Crippen LogP) is 0.747. The summed E-state index contributed by atoms with van der Waals surface area (Å²) in [6, 6.07) is 0. The van der Waals surface area contributed by atoms with Crippen molar-refractivity contribution in [2.75, 3.05) is 43.2 Å². The van der Waals surface area contributed by atoms with Gasteiger partial charge in [-0.05, 0) is 12.8 Å². The maximum atomic E-state index is 5.68. The summed E-state index contributed by atoms with van der Waals surface area (Å²) in [5.41, 5.74) is 5.68. The molecule has 1 aromatic rings. The molecule has 0 spiro atoms. The number of nitrogens with one attached hydrogen (secondary N) is 1. The highest BCUT2D eigenvalue weighted by Crippen LogP contribution is 2.23. The second-order valence-corrected chi connectivity index (χ2v) is 4.96. The fourth-order valence-electron chi connectivity index (χ4n) is 2.26. The summed E-state index contributed by atoms with van der Waals surface area (Å²) in [5, 5.41) is 3.24. The van der Waals surface area contributed by atoms with Gasteiger partial charge in [0.15, 0.2) is 0 Å². The molecular formula is C12H22N6O. The van der Waals surface area contributed by atoms with Crippen molar-refractivity contribution < 1.29 is 4.74 Å². The largest absolute Gasteiger partial charge is 0.378 e. The van der Waals surface area contributed by atoms with Crippen LogP contribution in [0.5, 0.6) is 0 Å². The molecule has 2 rings (SSSR count). The van der Waals surface area contributed by atoms with Crippen molar-refractivity contribution in [1.82, 2.24) is 15.0 Å². The molecule has 19 heavy (non-hydrogen) atoms. The lowest BCUT2D eigenvalue weighted by Crippen LogP contribution is -2.24. The quantitative estimate of drug-likeness (QED) is 0.812. The van der Waals surface area contributed by atoms with Gasteiger partial charge >= 0.3 is 0 Å². The van der Waals surface area contributed by atoms with E-state index in [1.807, 2.05) is 14.1 Å². The summed E-state index contributed by atoms with van der Waals surface area (Å²) in [6.07, 6.45) is 2.45. The summed E-state index contributed by atoms with van der Waals surface area (Å²) >= 11 is 0. The Balaban J connectivity index is 1.99. The molecule has 106 valence electrons. The summed E-state index contributed by atoms with van der Waals surface area (Å²) < 4.78 is 5.66. The van der Waals surface area contributed by atoms with E-state index in [1.165, 1.54) is 0 Å². The van der Waals surface area contributed by atoms with E-state index in [2.05, 4.69) is 27.2 Å². The molecule has 1 aliphatic heterocycles. The first-order valence-electron chi connectivity index (χ1n) is 6.64. The van der Waals surface area contributed by atoms with E-state index >= 15 is 0 Å². The normalized spacial score (nSPS) is 22.5. The van der Waals surface area contributed by atoms with Crippen LogP contribution < -0.4 is 16.0 Å². The number of nitrogens with zero attached hydrogens (tertiary/aromatic N) is 4. The zero-order valence-electron chi connectivity index (χ0n) is 11.8. The standard InChI is InChI=1S/C12H22N6O/c1-4-9-8(5-6-19-9)7-14-11-15-10(13)16-12(17-11)18(2)3/h8-9H,4-7H2,1-3H3,(H3,13,14,15,16,17). The molecule has 2 atom stereocenters. The molecule has 0 bridgehead atoms. The Morgan fingerprint density at radius 3 is 2.84 bits per heavy atom. The molecular weight excluding hydrogens is 244 g/mol. The fraction of sp³-hybridized carbons (Fsp3) is 0.750. The smallest absolute Gasteiger partial charge is 0.231 e. The molecule has 1 aliphatic rings. The Kier molecular flexibility index (Phi) is 4.36. The zero-order valence-corrected chi connectivity index (χ0v) is 11.8. The van der Waals surface area contributed by atoms with Gasteiger partial charge in [0.25, 0.3) is 0 Å². The highest BCUT2D eigenvalue weighted by atomic mass is 16.5. The maximum Gasteiger partial charge on any atom is 0.231 e. The van der Waals surface area contributed by atoms with Gasteiger partial charge < -0.3 is 20.7 Å². The van der Waals surface area contributed by atoms with Gasteiger partial charge in [-0.25, -0.2) is 0 Å². The second-order valence-electron chi connectivity index (χ2n) is 4.96. The van der Waals surface area contributed by atoms with Crippen LogP contribution in [0, 0.1) is 5.92 Å². The van der Waals surface area contributed by atoms with Crippen LogP contribution in [0.4, 0.5) is 17.8 Å². The Bertz CT molecular complexity index is 425. The molecule has 1 aromatic heterocycles. The van der Waals surface area contributed by atoms with E-state index in [9.17, 15) is 0 Å². The number of nitrogens with two attached hydrogens (primary N) is 1. The molecule has 0 saturated carbocycles.